The Balaban J connectivity index is 0.00000261. The van der Waals surface area contributed by atoms with Gasteiger partial charge in [-0.3, -0.25) is 14.6 Å². The van der Waals surface area contributed by atoms with Crippen LogP contribution in [0.3, 0.4) is 0 Å². The van der Waals surface area contributed by atoms with Gasteiger partial charge in [0, 0.05) is 16.8 Å². The number of halogens is 1. The third-order valence-electron chi connectivity index (χ3n) is 7.23. The Morgan fingerprint density at radius 1 is 0.667 bits per heavy atom. The van der Waals surface area contributed by atoms with Gasteiger partial charge in [-0.2, -0.15) is 4.98 Å². The van der Waals surface area contributed by atoms with Crippen molar-refractivity contribution in [3.8, 4) is 0 Å². The third-order valence-corrected chi connectivity index (χ3v) is 10.0. The topological polar surface area (TPSA) is 313 Å². The molecule has 0 atom stereocenters. The van der Waals surface area contributed by atoms with Crippen LogP contribution in [-0.4, -0.2) is 65.4 Å². The zero-order chi connectivity index (χ0) is 37.0. The van der Waals surface area contributed by atoms with Crippen molar-refractivity contribution in [2.24, 2.45) is 9.98 Å². The maximum atomic E-state index is 13.6. The van der Waals surface area contributed by atoms with E-state index in [1.807, 2.05) is 0 Å². The second kappa shape index (κ2) is 17.3. The van der Waals surface area contributed by atoms with E-state index in [4.69, 9.17) is 17.3 Å². The maximum absolute atomic E-state index is 13.6. The van der Waals surface area contributed by atoms with Gasteiger partial charge in [-0.1, -0.05) is 36.4 Å². The number of ketones is 2. The Kier molecular flexibility index (Phi) is 14.7. The van der Waals surface area contributed by atoms with Gasteiger partial charge < -0.3 is 29.7 Å². The summed E-state index contributed by atoms with van der Waals surface area (Å²) in [6.45, 7) is 0. The van der Waals surface area contributed by atoms with E-state index in [1.54, 1.807) is 0 Å². The fourth-order valence-electron chi connectivity index (χ4n) is 5.13. The van der Waals surface area contributed by atoms with Crippen LogP contribution in [-0.2, 0) is 30.4 Å². The number of aromatic amines is 2. The molecule has 0 amide bonds. The van der Waals surface area contributed by atoms with E-state index in [1.165, 1.54) is 42.5 Å². The summed E-state index contributed by atoms with van der Waals surface area (Å²) in [6.07, 6.45) is 0. The Labute approximate surface area is 376 Å². The number of nitrogens with two attached hydrogens (primary N) is 1. The molecular weight excluding hydrogens is 823 g/mol. The molecule has 1 aromatic heterocycles. The summed E-state index contributed by atoms with van der Waals surface area (Å²) < 4.78 is 109. The molecule has 1 aliphatic rings. The first-order chi connectivity index (χ1) is 23.8. The molecule has 5 N–H and O–H groups in total. The average molecular weight is 840 g/mol. The average Bonchev–Trinajstić information content (AvgIpc) is 3.03. The van der Waals surface area contributed by atoms with E-state index in [0.29, 0.717) is 6.07 Å². The largest absolute Gasteiger partial charge is 1.00 e. The number of hydrogen-bond acceptors (Lipinski definition) is 16. The van der Waals surface area contributed by atoms with Crippen LogP contribution >= 0.6 is 11.6 Å². The van der Waals surface area contributed by atoms with Crippen molar-refractivity contribution in [2.75, 3.05) is 11.1 Å². The predicted octanol–water partition coefficient (Wildman–Crippen LogP) is -7.32. The number of carbonyl (C=O) groups is 2. The molecule has 5 aromatic rings. The molecule has 54 heavy (non-hydrogen) atoms. The minimum atomic E-state index is -5.35. The van der Waals surface area contributed by atoms with Gasteiger partial charge in [-0.15, -0.1) is 0 Å². The number of para-hydroxylation sites is 1. The molecular formula is C29H17ClN7Na3O11S3. The standard InChI is InChI=1S/C29H20ClN7O11S3.3Na/c30-27-35-28(33-16-7-3-4-8-19(16)49(40,41)42)37-29(36-27)34-17-10-9-13(11-20(17)50(43,44)45)32-18-12-21(51(46,47)48)24(31)23-22(18)25(38)14-5-1-2-6-15(14)26(23)39;;;/h1-12,32H,31H2,(H,40,41,42)(H,43,44,45)(H,46,47,48)(H2,33,34,35,36,37);;;/q;3*+1/p-3. The fraction of sp³-hybridized carbons (Fsp3) is 0. The summed E-state index contributed by atoms with van der Waals surface area (Å²) in [4.78, 5) is 41.1. The number of aromatic nitrogens is 3. The van der Waals surface area contributed by atoms with Crippen LogP contribution in [0, 0.1) is 0 Å². The van der Waals surface area contributed by atoms with E-state index >= 15 is 0 Å². The molecule has 6 rings (SSSR count). The van der Waals surface area contributed by atoms with Crippen molar-refractivity contribution >= 4 is 82.0 Å². The van der Waals surface area contributed by atoms with Crippen molar-refractivity contribution < 1.29 is 137 Å². The second-order valence-corrected chi connectivity index (χ2v) is 14.9. The second-order valence-electron chi connectivity index (χ2n) is 10.5. The van der Waals surface area contributed by atoms with Gasteiger partial charge in [-0.25, -0.2) is 35.2 Å². The summed E-state index contributed by atoms with van der Waals surface area (Å²) >= 11 is 6.02. The Morgan fingerprint density at radius 3 is 1.80 bits per heavy atom. The SMILES string of the molecule is Nc1c(S(=O)(=O)[O-])cc(Nc2ccc(N=c3[nH]c(Cl)nc(=Nc4ccccc4S(=O)(=O)[O-])[nH]3)c(S(=O)(=O)[O-])c2)c2c1C(=O)c1ccccc1C2=O.[Na+].[Na+].[Na+]. The first-order valence-corrected chi connectivity index (χ1v) is 18.4. The van der Waals surface area contributed by atoms with Gasteiger partial charge in [0.2, 0.25) is 16.5 Å². The quantitative estimate of drug-likeness (QED) is 0.0660. The molecule has 0 saturated heterocycles. The molecule has 18 nitrogen and oxygen atoms in total. The van der Waals surface area contributed by atoms with Crippen molar-refractivity contribution in [1.29, 1.82) is 0 Å². The van der Waals surface area contributed by atoms with Crippen LogP contribution < -0.4 is 111 Å². The van der Waals surface area contributed by atoms with Crippen LogP contribution in [0.1, 0.15) is 31.8 Å². The maximum Gasteiger partial charge on any atom is 1.00 e. The van der Waals surface area contributed by atoms with Crippen LogP contribution in [0.4, 0.5) is 28.4 Å². The Bertz CT molecular complexity index is 2850. The van der Waals surface area contributed by atoms with Gasteiger partial charge in [-0.05, 0) is 48.0 Å². The zero-order valence-corrected chi connectivity index (χ0v) is 37.1. The van der Waals surface area contributed by atoms with E-state index in [0.717, 1.165) is 24.3 Å². The molecule has 1 aliphatic carbocycles. The van der Waals surface area contributed by atoms with Crippen LogP contribution in [0.25, 0.3) is 0 Å². The number of nitrogens with zero attached hydrogens (tertiary/aromatic N) is 3. The number of carbonyl (C=O) groups excluding carboxylic acids is 2. The van der Waals surface area contributed by atoms with E-state index in [2.05, 4.69) is 30.3 Å². The van der Waals surface area contributed by atoms with Crippen molar-refractivity contribution in [3.05, 3.63) is 112 Å². The summed E-state index contributed by atoms with van der Waals surface area (Å²) in [5.41, 5.74) is 1.82. The molecule has 0 saturated carbocycles. The van der Waals surface area contributed by atoms with Crippen molar-refractivity contribution in [3.63, 3.8) is 0 Å². The number of fused-ring (bicyclic) bond motifs is 2. The summed E-state index contributed by atoms with van der Waals surface area (Å²) in [5.74, 6) is -1.62. The molecule has 0 spiro atoms. The third kappa shape index (κ3) is 9.52. The molecule has 262 valence electrons. The number of hydrogen-bond donors (Lipinski definition) is 4. The van der Waals surface area contributed by atoms with Gasteiger partial charge in [0.25, 0.3) is 0 Å². The molecule has 0 fully saturated rings. The first-order valence-electron chi connectivity index (χ1n) is 13.8. The van der Waals surface area contributed by atoms with Gasteiger partial charge in [0.15, 0.2) is 11.6 Å². The van der Waals surface area contributed by atoms with Gasteiger partial charge in [0.05, 0.1) is 48.6 Å². The zero-order valence-electron chi connectivity index (χ0n) is 27.9. The minimum Gasteiger partial charge on any atom is -0.744 e. The van der Waals surface area contributed by atoms with Crippen molar-refractivity contribution in [2.45, 2.75) is 14.7 Å². The van der Waals surface area contributed by atoms with E-state index in [-0.39, 0.29) is 117 Å². The van der Waals surface area contributed by atoms with E-state index < -0.39 is 95.7 Å². The predicted molar refractivity (Wildman–Crippen MR) is 173 cm³/mol. The number of benzene rings is 4. The number of rotatable bonds is 7. The molecule has 0 aliphatic heterocycles. The Morgan fingerprint density at radius 2 is 1.20 bits per heavy atom. The normalized spacial score (nSPS) is 13.2. The molecule has 4 aromatic carbocycles. The van der Waals surface area contributed by atoms with E-state index in [9.17, 15) is 48.5 Å². The smallest absolute Gasteiger partial charge is 0.744 e. The van der Waals surface area contributed by atoms with Crippen LogP contribution in [0.15, 0.2) is 97.5 Å². The Hall–Kier alpha value is -2.55. The minimum absolute atomic E-state index is 0. The first kappa shape index (κ1) is 45.8. The number of nitrogens with one attached hydrogen (secondary N) is 3. The molecule has 0 bridgehead atoms. The van der Waals surface area contributed by atoms with Crippen LogP contribution in [0.2, 0.25) is 5.28 Å². The molecule has 1 heterocycles. The fourth-order valence-corrected chi connectivity index (χ4v) is 7.19. The number of anilines is 3. The summed E-state index contributed by atoms with van der Waals surface area (Å²) in [7, 11) is -15.6. The monoisotopic (exact) mass is 839 g/mol. The van der Waals surface area contributed by atoms with Crippen molar-refractivity contribution in [1.82, 2.24) is 15.0 Å². The molecule has 0 radical (unpaired) electrons. The summed E-state index contributed by atoms with van der Waals surface area (Å²) in [5, 5.41) is 2.21. The van der Waals surface area contributed by atoms with Gasteiger partial charge >= 0.3 is 88.7 Å². The molecule has 0 unspecified atom stereocenters. The number of nitrogen functional groups attached to an aromatic ring is 1. The van der Waals surface area contributed by atoms with Gasteiger partial charge in [0.1, 0.15) is 30.4 Å². The van der Waals surface area contributed by atoms with Crippen LogP contribution in [0.5, 0.6) is 0 Å². The summed E-state index contributed by atoms with van der Waals surface area (Å²) in [6, 6.07) is 14.2. The number of H-pyrrole nitrogens is 2. The molecule has 25 heteroatoms.